The van der Waals surface area contributed by atoms with E-state index in [1.165, 1.54) is 0 Å². The zero-order chi connectivity index (χ0) is 14.8. The molecule has 3 aromatic rings. The highest BCUT2D eigenvalue weighted by molar-refractivity contribution is 9.10. The highest BCUT2D eigenvalue weighted by Crippen LogP contribution is 2.34. The maximum Gasteiger partial charge on any atom is 0.153 e. The number of nitrogens with two attached hydrogens (primary N) is 1. The van der Waals surface area contributed by atoms with Crippen LogP contribution in [0.15, 0.2) is 53.1 Å². The molecule has 0 aliphatic rings. The van der Waals surface area contributed by atoms with E-state index in [9.17, 15) is 0 Å². The molecule has 2 N–H and O–H groups in total. The van der Waals surface area contributed by atoms with Crippen LogP contribution >= 0.6 is 15.9 Å². The number of ether oxygens (including phenoxy) is 1. The third kappa shape index (κ3) is 2.54. The van der Waals surface area contributed by atoms with Crippen LogP contribution in [0.3, 0.4) is 0 Å². The number of benzene rings is 2. The maximum absolute atomic E-state index is 9.16. The van der Waals surface area contributed by atoms with Gasteiger partial charge in [0.1, 0.15) is 17.3 Å². The Hall–Kier alpha value is -2.58. The van der Waals surface area contributed by atoms with Gasteiger partial charge in [-0.2, -0.15) is 5.26 Å². The fourth-order valence-corrected chi connectivity index (χ4v) is 2.38. The molecule has 3 rings (SSSR count). The molecule has 0 fully saturated rings. The Balaban J connectivity index is 2.13. The van der Waals surface area contributed by atoms with Crippen LogP contribution in [0.5, 0.6) is 11.5 Å². The van der Waals surface area contributed by atoms with Crippen LogP contribution in [0.2, 0.25) is 0 Å². The molecule has 0 spiro atoms. The van der Waals surface area contributed by atoms with E-state index in [-0.39, 0.29) is 0 Å². The second-order valence-corrected chi connectivity index (χ2v) is 5.32. The minimum atomic E-state index is 0.458. The van der Waals surface area contributed by atoms with Crippen LogP contribution in [0.25, 0.3) is 10.9 Å². The quantitative estimate of drug-likeness (QED) is 0.708. The summed E-state index contributed by atoms with van der Waals surface area (Å²) in [5, 5.41) is 9.99. The van der Waals surface area contributed by atoms with E-state index in [2.05, 4.69) is 27.0 Å². The van der Waals surface area contributed by atoms with Crippen molar-refractivity contribution in [3.8, 4) is 17.6 Å². The Morgan fingerprint density at radius 1 is 1.14 bits per heavy atom. The number of aromatic nitrogens is 1. The molecule has 0 saturated carbocycles. The fraction of sp³-hybridized carbons (Fsp3) is 0. The molecule has 0 saturated heterocycles. The van der Waals surface area contributed by atoms with E-state index < -0.39 is 0 Å². The van der Waals surface area contributed by atoms with Crippen LogP contribution in [-0.2, 0) is 0 Å². The monoisotopic (exact) mass is 339 g/mol. The Morgan fingerprint density at radius 2 is 2.00 bits per heavy atom. The van der Waals surface area contributed by atoms with E-state index in [1.54, 1.807) is 36.5 Å². The van der Waals surface area contributed by atoms with Gasteiger partial charge in [0.2, 0.25) is 0 Å². The van der Waals surface area contributed by atoms with E-state index in [1.807, 2.05) is 12.1 Å². The predicted molar refractivity (Wildman–Crippen MR) is 85.1 cm³/mol. The van der Waals surface area contributed by atoms with Crippen molar-refractivity contribution in [1.29, 1.82) is 5.26 Å². The van der Waals surface area contributed by atoms with Crippen molar-refractivity contribution >= 4 is 32.5 Å². The SMILES string of the molecule is N#Cc1ccc(Br)cc1Oc1ccc(N)c2cccnc12. The van der Waals surface area contributed by atoms with E-state index in [0.717, 1.165) is 9.86 Å². The predicted octanol–water partition coefficient (Wildman–Crippen LogP) is 4.24. The van der Waals surface area contributed by atoms with Crippen LogP contribution < -0.4 is 10.5 Å². The minimum absolute atomic E-state index is 0.458. The summed E-state index contributed by atoms with van der Waals surface area (Å²) < 4.78 is 6.72. The topological polar surface area (TPSA) is 71.9 Å². The van der Waals surface area contributed by atoms with Gasteiger partial charge in [-0.05, 0) is 42.5 Å². The molecule has 0 amide bonds. The molecule has 0 unspecified atom stereocenters. The first kappa shape index (κ1) is 13.4. The van der Waals surface area contributed by atoms with Crippen LogP contribution in [0.4, 0.5) is 5.69 Å². The van der Waals surface area contributed by atoms with Crippen molar-refractivity contribution in [2.45, 2.75) is 0 Å². The molecule has 1 heterocycles. The highest BCUT2D eigenvalue weighted by atomic mass is 79.9. The Kier molecular flexibility index (Phi) is 3.46. The second-order valence-electron chi connectivity index (χ2n) is 4.41. The van der Waals surface area contributed by atoms with Crippen molar-refractivity contribution in [3.05, 3.63) is 58.7 Å². The van der Waals surface area contributed by atoms with Gasteiger partial charge >= 0.3 is 0 Å². The molecule has 0 radical (unpaired) electrons. The van der Waals surface area contributed by atoms with Gasteiger partial charge in [0.15, 0.2) is 5.75 Å². The summed E-state index contributed by atoms with van der Waals surface area (Å²) in [6, 6.07) is 14.6. The summed E-state index contributed by atoms with van der Waals surface area (Å²) in [6.07, 6.45) is 1.68. The Labute approximate surface area is 129 Å². The molecular weight excluding hydrogens is 330 g/mol. The number of fused-ring (bicyclic) bond motifs is 1. The summed E-state index contributed by atoms with van der Waals surface area (Å²) >= 11 is 3.38. The van der Waals surface area contributed by atoms with E-state index >= 15 is 0 Å². The molecule has 0 aliphatic heterocycles. The zero-order valence-electron chi connectivity index (χ0n) is 10.9. The Bertz CT molecular complexity index is 871. The van der Waals surface area contributed by atoms with Gasteiger partial charge in [-0.25, -0.2) is 0 Å². The standard InChI is InChI=1S/C16H10BrN3O/c17-11-4-3-10(9-18)15(8-11)21-14-6-5-13(19)12-2-1-7-20-16(12)14/h1-8H,19H2. The lowest BCUT2D eigenvalue weighted by Crippen LogP contribution is -1.93. The summed E-state index contributed by atoms with van der Waals surface area (Å²) in [5.41, 5.74) is 7.71. The lowest BCUT2D eigenvalue weighted by Gasteiger charge is -2.11. The number of anilines is 1. The van der Waals surface area contributed by atoms with Crippen LogP contribution in [-0.4, -0.2) is 4.98 Å². The third-order valence-electron chi connectivity index (χ3n) is 3.05. The first-order valence-corrected chi connectivity index (χ1v) is 6.99. The molecule has 5 heteroatoms. The number of hydrogen-bond donors (Lipinski definition) is 1. The van der Waals surface area contributed by atoms with Gasteiger partial charge in [0.05, 0.1) is 5.56 Å². The molecule has 102 valence electrons. The fourth-order valence-electron chi connectivity index (χ4n) is 2.04. The number of hydrogen-bond acceptors (Lipinski definition) is 4. The van der Waals surface area contributed by atoms with Gasteiger partial charge < -0.3 is 10.5 Å². The summed E-state index contributed by atoms with van der Waals surface area (Å²) in [5.74, 6) is 1.04. The van der Waals surface area contributed by atoms with Gasteiger partial charge in [0.25, 0.3) is 0 Å². The highest BCUT2D eigenvalue weighted by Gasteiger charge is 2.10. The molecule has 0 atom stereocenters. The third-order valence-corrected chi connectivity index (χ3v) is 3.54. The van der Waals surface area contributed by atoms with E-state index in [0.29, 0.717) is 28.3 Å². The Morgan fingerprint density at radius 3 is 2.81 bits per heavy atom. The van der Waals surface area contributed by atoms with Crippen molar-refractivity contribution in [1.82, 2.24) is 4.98 Å². The second kappa shape index (κ2) is 5.43. The van der Waals surface area contributed by atoms with Crippen molar-refractivity contribution < 1.29 is 4.74 Å². The molecule has 21 heavy (non-hydrogen) atoms. The first-order valence-electron chi connectivity index (χ1n) is 6.20. The summed E-state index contributed by atoms with van der Waals surface area (Å²) in [7, 11) is 0. The zero-order valence-corrected chi connectivity index (χ0v) is 12.5. The maximum atomic E-state index is 9.16. The van der Waals surface area contributed by atoms with Gasteiger partial charge in [-0.1, -0.05) is 15.9 Å². The first-order chi connectivity index (χ1) is 10.2. The molecule has 0 aliphatic carbocycles. The number of nitrogen functional groups attached to an aromatic ring is 1. The molecule has 2 aromatic carbocycles. The lowest BCUT2D eigenvalue weighted by molar-refractivity contribution is 0.485. The van der Waals surface area contributed by atoms with Gasteiger partial charge in [-0.15, -0.1) is 0 Å². The van der Waals surface area contributed by atoms with Crippen LogP contribution in [0, 0.1) is 11.3 Å². The molecule has 0 bridgehead atoms. The smallest absolute Gasteiger partial charge is 0.153 e. The summed E-state index contributed by atoms with van der Waals surface area (Å²) in [4.78, 5) is 4.32. The average molecular weight is 340 g/mol. The van der Waals surface area contributed by atoms with E-state index in [4.69, 9.17) is 15.7 Å². The molecule has 1 aromatic heterocycles. The number of pyridine rings is 1. The minimum Gasteiger partial charge on any atom is -0.454 e. The lowest BCUT2D eigenvalue weighted by atomic mass is 10.1. The van der Waals surface area contributed by atoms with Crippen LogP contribution in [0.1, 0.15) is 5.56 Å². The number of rotatable bonds is 2. The normalized spacial score (nSPS) is 10.3. The van der Waals surface area contributed by atoms with Crippen molar-refractivity contribution in [2.24, 2.45) is 0 Å². The van der Waals surface area contributed by atoms with Gasteiger partial charge in [-0.3, -0.25) is 4.98 Å². The van der Waals surface area contributed by atoms with Gasteiger partial charge in [0, 0.05) is 21.7 Å². The number of nitrogens with zero attached hydrogens (tertiary/aromatic N) is 2. The number of halogens is 1. The molecular formula is C16H10BrN3O. The summed E-state index contributed by atoms with van der Waals surface area (Å²) in [6.45, 7) is 0. The average Bonchev–Trinajstić information content (AvgIpc) is 2.51. The van der Waals surface area contributed by atoms with Crippen molar-refractivity contribution in [3.63, 3.8) is 0 Å². The number of nitriles is 1. The van der Waals surface area contributed by atoms with Crippen molar-refractivity contribution in [2.75, 3.05) is 5.73 Å². The molecule has 4 nitrogen and oxygen atoms in total. The largest absolute Gasteiger partial charge is 0.454 e.